The van der Waals surface area contributed by atoms with Crippen molar-refractivity contribution in [1.29, 1.82) is 0 Å². The number of hydrogen-bond acceptors (Lipinski definition) is 1. The molecule has 0 amide bonds. The van der Waals surface area contributed by atoms with Crippen molar-refractivity contribution in [3.05, 3.63) is 83.4 Å². The minimum absolute atomic E-state index is 0.189. The van der Waals surface area contributed by atoms with E-state index in [-0.39, 0.29) is 11.7 Å². The molecular weight excluding hydrogens is 378 g/mol. The predicted octanol–water partition coefficient (Wildman–Crippen LogP) is 7.88. The Morgan fingerprint density at radius 3 is 2.03 bits per heavy atom. The van der Waals surface area contributed by atoms with E-state index in [1.807, 2.05) is 24.3 Å². The Labute approximate surface area is 177 Å². The van der Waals surface area contributed by atoms with Crippen molar-refractivity contribution in [2.24, 2.45) is 5.92 Å². The summed E-state index contributed by atoms with van der Waals surface area (Å²) in [5.41, 5.74) is 4.64. The van der Waals surface area contributed by atoms with Crippen LogP contribution in [0, 0.1) is 24.5 Å². The number of rotatable bonds is 5. The number of benzene rings is 3. The van der Waals surface area contributed by atoms with Crippen molar-refractivity contribution in [1.82, 2.24) is 0 Å². The molecule has 2 atom stereocenters. The minimum atomic E-state index is -0.791. The highest BCUT2D eigenvalue weighted by atomic mass is 19.2. The fraction of sp³-hybridized carbons (Fsp3) is 0.333. The Morgan fingerprint density at radius 1 is 0.800 bits per heavy atom. The van der Waals surface area contributed by atoms with E-state index in [4.69, 9.17) is 4.74 Å². The van der Waals surface area contributed by atoms with E-state index in [0.717, 1.165) is 24.2 Å². The molecule has 0 aliphatic carbocycles. The van der Waals surface area contributed by atoms with E-state index in [1.165, 1.54) is 24.8 Å². The van der Waals surface area contributed by atoms with Gasteiger partial charge in [-0.25, -0.2) is 8.78 Å². The summed E-state index contributed by atoms with van der Waals surface area (Å²) in [5.74, 6) is -0.866. The average Bonchev–Trinajstić information content (AvgIpc) is 2.79. The predicted molar refractivity (Wildman–Crippen MR) is 118 cm³/mol. The topological polar surface area (TPSA) is 9.23 Å². The van der Waals surface area contributed by atoms with Crippen molar-refractivity contribution < 1.29 is 13.5 Å². The maximum atomic E-state index is 14.3. The van der Waals surface area contributed by atoms with Crippen molar-refractivity contribution in [3.63, 3.8) is 0 Å². The van der Waals surface area contributed by atoms with E-state index in [2.05, 4.69) is 31.2 Å². The van der Waals surface area contributed by atoms with Gasteiger partial charge in [-0.15, -0.1) is 0 Å². The molecule has 3 aromatic carbocycles. The lowest BCUT2D eigenvalue weighted by atomic mass is 9.91. The minimum Gasteiger partial charge on any atom is -0.373 e. The first-order chi connectivity index (χ1) is 14.6. The largest absolute Gasteiger partial charge is 0.373 e. The molecule has 1 fully saturated rings. The number of ether oxygens (including phenoxy) is 1. The molecule has 2 unspecified atom stereocenters. The van der Waals surface area contributed by atoms with Gasteiger partial charge in [-0.3, -0.25) is 0 Å². The second kappa shape index (κ2) is 9.09. The first kappa shape index (κ1) is 20.7. The highest BCUT2D eigenvalue weighted by molar-refractivity contribution is 5.71. The first-order valence-electron chi connectivity index (χ1n) is 10.8. The van der Waals surface area contributed by atoms with Gasteiger partial charge in [-0.2, -0.15) is 0 Å². The monoisotopic (exact) mass is 406 g/mol. The zero-order valence-electron chi connectivity index (χ0n) is 17.6. The van der Waals surface area contributed by atoms with Crippen molar-refractivity contribution in [3.8, 4) is 22.3 Å². The van der Waals surface area contributed by atoms with Crippen LogP contribution in [0.15, 0.2) is 60.7 Å². The van der Waals surface area contributed by atoms with Crippen molar-refractivity contribution in [2.45, 2.75) is 45.6 Å². The quantitative estimate of drug-likeness (QED) is 0.419. The summed E-state index contributed by atoms with van der Waals surface area (Å²) in [5, 5.41) is 0. The summed E-state index contributed by atoms with van der Waals surface area (Å²) in [6.45, 7) is 4.65. The molecule has 0 N–H and O–H groups in total. The molecule has 0 aromatic heterocycles. The second-order valence-corrected chi connectivity index (χ2v) is 8.31. The third-order valence-electron chi connectivity index (χ3n) is 6.15. The third kappa shape index (κ3) is 4.32. The van der Waals surface area contributed by atoms with Gasteiger partial charge in [0.1, 0.15) is 0 Å². The van der Waals surface area contributed by atoms with Crippen molar-refractivity contribution in [2.75, 3.05) is 6.61 Å². The summed E-state index contributed by atoms with van der Waals surface area (Å²) in [6, 6.07) is 19.3. The van der Waals surface area contributed by atoms with Crippen LogP contribution in [-0.4, -0.2) is 6.61 Å². The fourth-order valence-corrected chi connectivity index (χ4v) is 4.31. The lowest BCUT2D eigenvalue weighted by molar-refractivity contribution is -0.0194. The zero-order chi connectivity index (χ0) is 21.1. The smallest absolute Gasteiger partial charge is 0.166 e. The molecule has 3 heteroatoms. The Kier molecular flexibility index (Phi) is 6.29. The summed E-state index contributed by atoms with van der Waals surface area (Å²) in [7, 11) is 0. The molecule has 3 aromatic rings. The average molecular weight is 407 g/mol. The van der Waals surface area contributed by atoms with Gasteiger partial charge in [0.25, 0.3) is 0 Å². The number of hydrogen-bond donors (Lipinski definition) is 0. The van der Waals surface area contributed by atoms with Gasteiger partial charge in [0.2, 0.25) is 0 Å². The molecule has 0 bridgehead atoms. The molecule has 30 heavy (non-hydrogen) atoms. The Balaban J connectivity index is 1.47. The molecule has 0 radical (unpaired) electrons. The lowest BCUT2D eigenvalue weighted by Crippen LogP contribution is -2.20. The molecular formula is C27H28F2O. The molecule has 0 spiro atoms. The second-order valence-electron chi connectivity index (χ2n) is 8.31. The van der Waals surface area contributed by atoms with Crippen LogP contribution in [0.25, 0.3) is 22.3 Å². The van der Waals surface area contributed by atoms with Gasteiger partial charge in [-0.05, 0) is 59.9 Å². The van der Waals surface area contributed by atoms with Crippen LogP contribution < -0.4 is 0 Å². The summed E-state index contributed by atoms with van der Waals surface area (Å²) >= 11 is 0. The van der Waals surface area contributed by atoms with Gasteiger partial charge in [0, 0.05) is 5.56 Å². The number of halogens is 2. The van der Waals surface area contributed by atoms with Crippen LogP contribution in [0.2, 0.25) is 0 Å². The van der Waals surface area contributed by atoms with Gasteiger partial charge >= 0.3 is 0 Å². The molecule has 1 heterocycles. The van der Waals surface area contributed by atoms with E-state index >= 15 is 0 Å². The third-order valence-corrected chi connectivity index (χ3v) is 6.15. The van der Waals surface area contributed by atoms with E-state index in [0.29, 0.717) is 17.0 Å². The van der Waals surface area contributed by atoms with Gasteiger partial charge in [-0.1, -0.05) is 74.0 Å². The van der Waals surface area contributed by atoms with Crippen LogP contribution in [-0.2, 0) is 4.74 Å². The molecule has 1 aliphatic rings. The zero-order valence-corrected chi connectivity index (χ0v) is 17.6. The van der Waals surface area contributed by atoms with Crippen LogP contribution >= 0.6 is 0 Å². The lowest BCUT2D eigenvalue weighted by Gasteiger charge is -2.29. The van der Waals surface area contributed by atoms with Crippen LogP contribution in [0.5, 0.6) is 0 Å². The van der Waals surface area contributed by atoms with E-state index < -0.39 is 11.6 Å². The van der Waals surface area contributed by atoms with E-state index in [9.17, 15) is 8.78 Å². The Hall–Kier alpha value is -2.52. The van der Waals surface area contributed by atoms with Crippen molar-refractivity contribution >= 4 is 0 Å². The molecule has 156 valence electrons. The highest BCUT2D eigenvalue weighted by Crippen LogP contribution is 2.34. The maximum Gasteiger partial charge on any atom is 0.166 e. The standard InChI is InChI=1S/C27H28F2O/c1-3-4-19-6-16-25(30-17-19)23-13-9-21(10-14-23)20-7-11-22(12-8-20)24-15-5-18(2)26(28)27(24)29/h5,7-15,19,25H,3-4,6,16-17H2,1-2H3. The van der Waals surface area contributed by atoms with Gasteiger partial charge < -0.3 is 4.74 Å². The number of aryl methyl sites for hydroxylation is 1. The van der Waals surface area contributed by atoms with Gasteiger partial charge in [0.15, 0.2) is 11.6 Å². The first-order valence-corrected chi connectivity index (χ1v) is 10.8. The molecule has 0 saturated carbocycles. The summed E-state index contributed by atoms with van der Waals surface area (Å²) < 4.78 is 34.3. The molecule has 4 rings (SSSR count). The van der Waals surface area contributed by atoms with Crippen LogP contribution in [0.3, 0.4) is 0 Å². The molecule has 1 saturated heterocycles. The van der Waals surface area contributed by atoms with E-state index in [1.54, 1.807) is 19.1 Å². The van der Waals surface area contributed by atoms with Crippen LogP contribution in [0.4, 0.5) is 8.78 Å². The SMILES string of the molecule is CCCC1CCC(c2ccc(-c3ccc(-c4ccc(C)c(F)c4F)cc3)cc2)OC1. The van der Waals surface area contributed by atoms with Crippen LogP contribution in [0.1, 0.15) is 49.8 Å². The normalized spacial score (nSPS) is 19.1. The molecule has 1 nitrogen and oxygen atoms in total. The van der Waals surface area contributed by atoms with Gasteiger partial charge in [0.05, 0.1) is 12.7 Å². The highest BCUT2D eigenvalue weighted by Gasteiger charge is 2.22. The fourth-order valence-electron chi connectivity index (χ4n) is 4.31. The molecule has 1 aliphatic heterocycles. The maximum absolute atomic E-state index is 14.3. The Bertz CT molecular complexity index is 985. The Morgan fingerprint density at radius 2 is 1.43 bits per heavy atom. The summed E-state index contributed by atoms with van der Waals surface area (Å²) in [6.07, 6.45) is 4.97. The summed E-state index contributed by atoms with van der Waals surface area (Å²) in [4.78, 5) is 0.